The van der Waals surface area contributed by atoms with Gasteiger partial charge in [-0.2, -0.15) is 0 Å². The number of methoxy groups -OCH3 is 1. The van der Waals surface area contributed by atoms with Crippen LogP contribution in [0.25, 0.3) is 0 Å². The first kappa shape index (κ1) is 27.1. The van der Waals surface area contributed by atoms with Crippen LogP contribution >= 0.6 is 12.4 Å². The van der Waals surface area contributed by atoms with E-state index >= 15 is 0 Å². The first-order valence-electron chi connectivity index (χ1n) is 11.8. The van der Waals surface area contributed by atoms with Crippen molar-refractivity contribution in [1.82, 2.24) is 4.90 Å². The molecule has 184 valence electrons. The monoisotopic (exact) mass is 471 g/mol. The molecule has 3 fully saturated rings. The Hall–Kier alpha value is -1.11. The normalized spacial score (nSPS) is 40.1. The van der Waals surface area contributed by atoms with E-state index in [1.807, 2.05) is 25.9 Å². The second-order valence-corrected chi connectivity index (χ2v) is 10.8. The molecule has 7 atom stereocenters. The van der Waals surface area contributed by atoms with Crippen molar-refractivity contribution >= 4 is 24.3 Å². The van der Waals surface area contributed by atoms with Gasteiger partial charge < -0.3 is 19.5 Å². The number of ether oxygens (including phenoxy) is 2. The molecule has 3 rings (SSSR count). The van der Waals surface area contributed by atoms with E-state index < -0.39 is 11.5 Å². The molecule has 3 aliphatic carbocycles. The Labute approximate surface area is 199 Å². The summed E-state index contributed by atoms with van der Waals surface area (Å²) in [6, 6.07) is 0. The third-order valence-corrected chi connectivity index (χ3v) is 8.85. The van der Waals surface area contributed by atoms with Gasteiger partial charge in [0.05, 0.1) is 18.6 Å². The van der Waals surface area contributed by atoms with Crippen molar-refractivity contribution in [2.75, 3.05) is 34.4 Å². The lowest BCUT2D eigenvalue weighted by Crippen LogP contribution is -2.60. The lowest BCUT2D eigenvalue weighted by Gasteiger charge is -2.62. The second-order valence-electron chi connectivity index (χ2n) is 10.8. The topological polar surface area (TPSA) is 76.1 Å². The van der Waals surface area contributed by atoms with Crippen molar-refractivity contribution in [3.63, 3.8) is 0 Å². The zero-order chi connectivity index (χ0) is 23.0. The summed E-state index contributed by atoms with van der Waals surface area (Å²) in [7, 11) is 5.37. The van der Waals surface area contributed by atoms with E-state index in [1.165, 1.54) is 7.11 Å². The van der Waals surface area contributed by atoms with Crippen LogP contribution in [0.1, 0.15) is 59.3 Å². The summed E-state index contributed by atoms with van der Waals surface area (Å²) in [5, 5.41) is 11.3. The summed E-state index contributed by atoms with van der Waals surface area (Å²) in [6.07, 6.45) is 6.49. The molecule has 0 amide bonds. The minimum absolute atomic E-state index is 0. The number of halogens is 1. The number of rotatable bonds is 5. The maximum absolute atomic E-state index is 12.8. The largest absolute Gasteiger partial charge is 0.469 e. The van der Waals surface area contributed by atoms with Gasteiger partial charge in [-0.15, -0.1) is 12.4 Å². The lowest BCUT2D eigenvalue weighted by atomic mass is 9.42. The number of allylic oxidation sites excluding steroid dienone is 1. The van der Waals surface area contributed by atoms with Gasteiger partial charge >= 0.3 is 11.9 Å². The van der Waals surface area contributed by atoms with Crippen LogP contribution in [0, 0.1) is 34.5 Å². The van der Waals surface area contributed by atoms with Gasteiger partial charge in [0, 0.05) is 12.6 Å². The Bertz CT molecular complexity index is 725. The minimum Gasteiger partial charge on any atom is -0.469 e. The maximum atomic E-state index is 12.8. The number of esters is 2. The molecule has 32 heavy (non-hydrogen) atoms. The predicted octanol–water partition coefficient (Wildman–Crippen LogP) is 3.85. The Morgan fingerprint density at radius 3 is 2.56 bits per heavy atom. The molecular formula is C25H42ClNO5. The highest BCUT2D eigenvalue weighted by molar-refractivity contribution is 5.85. The van der Waals surface area contributed by atoms with Crippen molar-refractivity contribution in [2.24, 2.45) is 34.5 Å². The van der Waals surface area contributed by atoms with Gasteiger partial charge in [-0.1, -0.05) is 25.8 Å². The molecule has 0 aromatic carbocycles. The third-order valence-electron chi connectivity index (χ3n) is 8.85. The van der Waals surface area contributed by atoms with Crippen molar-refractivity contribution in [1.29, 1.82) is 0 Å². The highest BCUT2D eigenvalue weighted by atomic mass is 35.5. The number of aliphatic hydroxyl groups excluding tert-OH is 1. The number of nitrogens with zero attached hydrogens (tertiary/aromatic N) is 1. The summed E-state index contributed by atoms with van der Waals surface area (Å²) in [4.78, 5) is 27.1. The van der Waals surface area contributed by atoms with E-state index in [9.17, 15) is 14.7 Å². The highest BCUT2D eigenvalue weighted by Gasteiger charge is 2.62. The predicted molar refractivity (Wildman–Crippen MR) is 126 cm³/mol. The molecule has 3 saturated carbocycles. The molecule has 0 aromatic rings. The van der Waals surface area contributed by atoms with Crippen LogP contribution in [0.4, 0.5) is 0 Å². The molecule has 0 aliphatic heterocycles. The summed E-state index contributed by atoms with van der Waals surface area (Å²) >= 11 is 0. The van der Waals surface area contributed by atoms with Crippen LogP contribution in [0.15, 0.2) is 11.6 Å². The number of hydrogen-bond acceptors (Lipinski definition) is 6. The van der Waals surface area contributed by atoms with E-state index in [0.717, 1.165) is 37.7 Å². The molecule has 0 radical (unpaired) electrons. The van der Waals surface area contributed by atoms with Gasteiger partial charge in [-0.05, 0) is 82.2 Å². The van der Waals surface area contributed by atoms with Gasteiger partial charge in [-0.25, -0.2) is 4.79 Å². The van der Waals surface area contributed by atoms with Crippen molar-refractivity contribution < 1.29 is 24.2 Å². The molecule has 0 aromatic heterocycles. The highest BCUT2D eigenvalue weighted by Crippen LogP contribution is 2.65. The molecule has 0 bridgehead atoms. The Balaban J connectivity index is 0.00000363. The molecule has 0 unspecified atom stereocenters. The van der Waals surface area contributed by atoms with Gasteiger partial charge in [-0.3, -0.25) is 4.79 Å². The number of hydrogen-bond donors (Lipinski definition) is 1. The van der Waals surface area contributed by atoms with Gasteiger partial charge in [0.2, 0.25) is 0 Å². The van der Waals surface area contributed by atoms with Crippen molar-refractivity contribution in [3.05, 3.63) is 11.6 Å². The van der Waals surface area contributed by atoms with Gasteiger partial charge in [0.1, 0.15) is 6.61 Å². The van der Waals surface area contributed by atoms with Gasteiger partial charge in [0.25, 0.3) is 0 Å². The Morgan fingerprint density at radius 2 is 1.94 bits per heavy atom. The average molecular weight is 472 g/mol. The minimum atomic E-state index is -0.538. The summed E-state index contributed by atoms with van der Waals surface area (Å²) in [5.41, 5.74) is 0.546. The molecule has 6 nitrogen and oxygen atoms in total. The smallest absolute Gasteiger partial charge is 0.330 e. The molecule has 0 spiro atoms. The molecule has 0 saturated heterocycles. The van der Waals surface area contributed by atoms with E-state index in [4.69, 9.17) is 9.47 Å². The van der Waals surface area contributed by atoms with Crippen LogP contribution in [0.2, 0.25) is 0 Å². The number of carbonyl (C=O) groups excluding carboxylic acids is 2. The number of carbonyl (C=O) groups is 2. The van der Waals surface area contributed by atoms with Crippen molar-refractivity contribution in [3.8, 4) is 0 Å². The van der Waals surface area contributed by atoms with Crippen molar-refractivity contribution in [2.45, 2.75) is 65.4 Å². The lowest BCUT2D eigenvalue weighted by molar-refractivity contribution is -0.189. The fourth-order valence-corrected chi connectivity index (χ4v) is 7.20. The molecular weight excluding hydrogens is 430 g/mol. The van der Waals surface area contributed by atoms with Crippen LogP contribution in [-0.4, -0.2) is 62.4 Å². The quantitative estimate of drug-likeness (QED) is 0.484. The van der Waals surface area contributed by atoms with Gasteiger partial charge in [0.15, 0.2) is 0 Å². The maximum Gasteiger partial charge on any atom is 0.330 e. The molecule has 1 N–H and O–H groups in total. The fraction of sp³-hybridized carbons (Fsp3) is 0.840. The van der Waals surface area contributed by atoms with E-state index in [2.05, 4.69) is 13.8 Å². The Kier molecular flexibility index (Phi) is 8.85. The zero-order valence-electron chi connectivity index (χ0n) is 20.6. The summed E-state index contributed by atoms with van der Waals surface area (Å²) in [5.74, 6) is 0.259. The summed E-state index contributed by atoms with van der Waals surface area (Å²) < 4.78 is 10.6. The molecule has 3 aliphatic rings. The third kappa shape index (κ3) is 4.88. The van der Waals surface area contributed by atoms with Crippen LogP contribution in [-0.2, 0) is 19.1 Å². The number of likely N-dealkylation sites (N-methyl/N-ethyl adjacent to an activating group) is 1. The number of fused-ring (bicyclic) bond motifs is 3. The first-order chi connectivity index (χ1) is 14.5. The van der Waals surface area contributed by atoms with Crippen LogP contribution in [0.5, 0.6) is 0 Å². The van der Waals surface area contributed by atoms with Crippen LogP contribution < -0.4 is 0 Å². The molecule has 0 heterocycles. The van der Waals surface area contributed by atoms with Crippen LogP contribution in [0.3, 0.4) is 0 Å². The van der Waals surface area contributed by atoms with E-state index in [1.54, 1.807) is 6.08 Å². The molecule has 7 heteroatoms. The fourth-order valence-electron chi connectivity index (χ4n) is 7.20. The SMILES string of the molecule is COC(=O)[C@@]1(C)CCC[C@@]2(C)[C@H]1C[C@H](O)[C@H]1[C@@H](C)/C(=C/C(=O)OCCN(C)C)CC[C@@H]12.Cl. The first-order valence-corrected chi connectivity index (χ1v) is 11.8. The average Bonchev–Trinajstić information content (AvgIpc) is 2.70. The second kappa shape index (κ2) is 10.4. The van der Waals surface area contributed by atoms with E-state index in [0.29, 0.717) is 25.5 Å². The number of aliphatic hydroxyl groups is 1. The summed E-state index contributed by atoms with van der Waals surface area (Å²) in [6.45, 7) is 7.59. The van der Waals surface area contributed by atoms with E-state index in [-0.39, 0.29) is 47.5 Å². The standard InChI is InChI=1S/C25H41NO5.ClH/c1-16-17(14-21(28)31-13-12-26(4)5)8-9-18-22(16)19(27)15-20-24(18,2)10-7-11-25(20,3)23(29)30-6;/h14,16,18-20,22,27H,7-13,15H2,1-6H3;1H/b17-14+;/t16-,18-,19-,20+,22-,24+,25-;/m0./s1. The Morgan fingerprint density at radius 1 is 1.25 bits per heavy atom. The zero-order valence-corrected chi connectivity index (χ0v) is 21.4.